The van der Waals surface area contributed by atoms with Gasteiger partial charge in [0.15, 0.2) is 5.78 Å². The lowest BCUT2D eigenvalue weighted by atomic mass is 9.86. The number of carbonyl (C=O) groups is 1. The summed E-state index contributed by atoms with van der Waals surface area (Å²) < 4.78 is 0. The SMILES string of the molecule is C=C(C)CC(C)(C)/C=C/C(C)=O. The lowest BCUT2D eigenvalue weighted by Crippen LogP contribution is -2.07. The van der Waals surface area contributed by atoms with Crippen LogP contribution < -0.4 is 0 Å². The predicted octanol–water partition coefficient (Wildman–Crippen LogP) is 3.12. The zero-order chi connectivity index (χ0) is 9.78. The molecule has 1 heteroatoms. The summed E-state index contributed by atoms with van der Waals surface area (Å²) in [5.74, 6) is 0.102. The van der Waals surface area contributed by atoms with E-state index in [0.29, 0.717) is 0 Å². The monoisotopic (exact) mass is 166 g/mol. The Hall–Kier alpha value is -0.850. The first kappa shape index (κ1) is 11.2. The van der Waals surface area contributed by atoms with Gasteiger partial charge in [0, 0.05) is 0 Å². The Bertz CT molecular complexity index is 209. The van der Waals surface area contributed by atoms with Gasteiger partial charge in [-0.25, -0.2) is 0 Å². The van der Waals surface area contributed by atoms with Crippen LogP contribution in [-0.4, -0.2) is 5.78 Å². The molecule has 0 spiro atoms. The summed E-state index contributed by atoms with van der Waals surface area (Å²) in [5, 5.41) is 0. The number of hydrogen-bond acceptors (Lipinski definition) is 1. The van der Waals surface area contributed by atoms with Crippen molar-refractivity contribution in [3.05, 3.63) is 24.3 Å². The summed E-state index contributed by atoms with van der Waals surface area (Å²) >= 11 is 0. The molecule has 0 aromatic carbocycles. The number of ketones is 1. The predicted molar refractivity (Wildman–Crippen MR) is 53.0 cm³/mol. The molecule has 68 valence electrons. The first-order chi connectivity index (χ1) is 5.33. The minimum Gasteiger partial charge on any atom is -0.295 e. The van der Waals surface area contributed by atoms with E-state index in [1.54, 1.807) is 13.0 Å². The molecule has 0 heterocycles. The van der Waals surface area contributed by atoms with Gasteiger partial charge in [0.05, 0.1) is 0 Å². The van der Waals surface area contributed by atoms with Gasteiger partial charge in [-0.2, -0.15) is 0 Å². The Labute approximate surface area is 75.2 Å². The van der Waals surface area contributed by atoms with Crippen LogP contribution >= 0.6 is 0 Å². The van der Waals surface area contributed by atoms with Crippen LogP contribution in [0.25, 0.3) is 0 Å². The highest BCUT2D eigenvalue weighted by atomic mass is 16.1. The number of rotatable bonds is 4. The van der Waals surface area contributed by atoms with Gasteiger partial charge in [0.1, 0.15) is 0 Å². The maximum Gasteiger partial charge on any atom is 0.152 e. The molecule has 0 radical (unpaired) electrons. The molecule has 0 unspecified atom stereocenters. The molecule has 12 heavy (non-hydrogen) atoms. The molecule has 0 bridgehead atoms. The smallest absolute Gasteiger partial charge is 0.152 e. The molecule has 0 saturated heterocycles. The van der Waals surface area contributed by atoms with Crippen molar-refractivity contribution in [3.8, 4) is 0 Å². The van der Waals surface area contributed by atoms with Crippen molar-refractivity contribution < 1.29 is 4.79 Å². The van der Waals surface area contributed by atoms with Crippen LogP contribution in [0.1, 0.15) is 34.1 Å². The van der Waals surface area contributed by atoms with E-state index < -0.39 is 0 Å². The lowest BCUT2D eigenvalue weighted by Gasteiger charge is -2.19. The van der Waals surface area contributed by atoms with Crippen molar-refractivity contribution in [2.45, 2.75) is 34.1 Å². The highest BCUT2D eigenvalue weighted by Gasteiger charge is 2.13. The second-order valence-corrected chi connectivity index (χ2v) is 4.07. The standard InChI is InChI=1S/C11H18O/c1-9(2)8-11(4,5)7-6-10(3)12/h6-7H,1,8H2,2-5H3/b7-6+. The average molecular weight is 166 g/mol. The molecule has 0 aliphatic rings. The summed E-state index contributed by atoms with van der Waals surface area (Å²) in [4.78, 5) is 10.7. The third kappa shape index (κ3) is 5.90. The summed E-state index contributed by atoms with van der Waals surface area (Å²) in [6.07, 6.45) is 4.50. The number of allylic oxidation sites excluding steroid dienone is 3. The van der Waals surface area contributed by atoms with Crippen LogP contribution in [0.3, 0.4) is 0 Å². The topological polar surface area (TPSA) is 17.1 Å². The molecule has 0 atom stereocenters. The Morgan fingerprint density at radius 2 is 1.92 bits per heavy atom. The molecule has 0 rings (SSSR count). The molecule has 0 fully saturated rings. The molecule has 0 aliphatic heterocycles. The quantitative estimate of drug-likeness (QED) is 0.463. The Balaban J connectivity index is 4.21. The highest BCUT2D eigenvalue weighted by Crippen LogP contribution is 2.25. The first-order valence-electron chi connectivity index (χ1n) is 4.18. The van der Waals surface area contributed by atoms with Crippen LogP contribution in [0.4, 0.5) is 0 Å². The van der Waals surface area contributed by atoms with E-state index in [9.17, 15) is 4.79 Å². The average Bonchev–Trinajstić information content (AvgIpc) is 1.81. The summed E-state index contributed by atoms with van der Waals surface area (Å²) in [6.45, 7) is 11.6. The molecule has 0 aliphatic carbocycles. The second kappa shape index (κ2) is 4.24. The van der Waals surface area contributed by atoms with Gasteiger partial charge in [0.25, 0.3) is 0 Å². The largest absolute Gasteiger partial charge is 0.295 e. The van der Waals surface area contributed by atoms with Gasteiger partial charge in [-0.3, -0.25) is 4.79 Å². The zero-order valence-electron chi connectivity index (χ0n) is 8.48. The van der Waals surface area contributed by atoms with E-state index in [-0.39, 0.29) is 11.2 Å². The third-order valence-corrected chi connectivity index (χ3v) is 1.53. The van der Waals surface area contributed by atoms with Gasteiger partial charge in [-0.1, -0.05) is 25.5 Å². The normalized spacial score (nSPS) is 12.0. The molecule has 0 aromatic heterocycles. The van der Waals surface area contributed by atoms with E-state index in [1.807, 2.05) is 13.0 Å². The fourth-order valence-corrected chi connectivity index (χ4v) is 1.18. The maximum absolute atomic E-state index is 10.7. The first-order valence-corrected chi connectivity index (χ1v) is 4.18. The van der Waals surface area contributed by atoms with Gasteiger partial charge >= 0.3 is 0 Å². The number of hydrogen-bond donors (Lipinski definition) is 0. The fourth-order valence-electron chi connectivity index (χ4n) is 1.18. The van der Waals surface area contributed by atoms with E-state index in [2.05, 4.69) is 20.4 Å². The van der Waals surface area contributed by atoms with E-state index in [1.165, 1.54) is 0 Å². The van der Waals surface area contributed by atoms with Crippen LogP contribution in [0.2, 0.25) is 0 Å². The zero-order valence-corrected chi connectivity index (χ0v) is 8.48. The maximum atomic E-state index is 10.7. The van der Waals surface area contributed by atoms with E-state index in [4.69, 9.17) is 0 Å². The van der Waals surface area contributed by atoms with Crippen molar-refractivity contribution in [2.24, 2.45) is 5.41 Å². The fraction of sp³-hybridized carbons (Fsp3) is 0.545. The van der Waals surface area contributed by atoms with Gasteiger partial charge in [-0.15, -0.1) is 6.58 Å². The Morgan fingerprint density at radius 1 is 1.42 bits per heavy atom. The second-order valence-electron chi connectivity index (χ2n) is 4.07. The van der Waals surface area contributed by atoms with Crippen LogP contribution in [-0.2, 0) is 4.79 Å². The molecular weight excluding hydrogens is 148 g/mol. The third-order valence-electron chi connectivity index (χ3n) is 1.53. The van der Waals surface area contributed by atoms with Gasteiger partial charge in [0.2, 0.25) is 0 Å². The Kier molecular flexibility index (Phi) is 3.94. The highest BCUT2D eigenvalue weighted by molar-refractivity contribution is 5.87. The van der Waals surface area contributed by atoms with Crippen LogP contribution in [0, 0.1) is 5.41 Å². The summed E-state index contributed by atoms with van der Waals surface area (Å²) in [7, 11) is 0. The van der Waals surface area contributed by atoms with Crippen LogP contribution in [0.5, 0.6) is 0 Å². The molecular formula is C11H18O. The van der Waals surface area contributed by atoms with Crippen molar-refractivity contribution in [1.29, 1.82) is 0 Å². The van der Waals surface area contributed by atoms with E-state index >= 15 is 0 Å². The van der Waals surface area contributed by atoms with Gasteiger partial charge in [-0.05, 0) is 31.8 Å². The van der Waals surface area contributed by atoms with Gasteiger partial charge < -0.3 is 0 Å². The molecule has 0 aromatic rings. The summed E-state index contributed by atoms with van der Waals surface area (Å²) in [6, 6.07) is 0. The minimum absolute atomic E-state index is 0.0531. The van der Waals surface area contributed by atoms with Crippen molar-refractivity contribution in [1.82, 2.24) is 0 Å². The van der Waals surface area contributed by atoms with E-state index in [0.717, 1.165) is 12.0 Å². The minimum atomic E-state index is 0.0531. The summed E-state index contributed by atoms with van der Waals surface area (Å²) in [5.41, 5.74) is 1.20. The number of carbonyl (C=O) groups excluding carboxylic acids is 1. The van der Waals surface area contributed by atoms with Crippen molar-refractivity contribution in [3.63, 3.8) is 0 Å². The van der Waals surface area contributed by atoms with Crippen molar-refractivity contribution in [2.75, 3.05) is 0 Å². The lowest BCUT2D eigenvalue weighted by molar-refractivity contribution is -0.112. The molecule has 1 nitrogen and oxygen atoms in total. The molecule has 0 amide bonds. The Morgan fingerprint density at radius 3 is 2.25 bits per heavy atom. The molecule has 0 saturated carbocycles. The van der Waals surface area contributed by atoms with Crippen LogP contribution in [0.15, 0.2) is 24.3 Å². The van der Waals surface area contributed by atoms with Crippen molar-refractivity contribution >= 4 is 5.78 Å². The molecule has 0 N–H and O–H groups in total.